The van der Waals surface area contributed by atoms with E-state index in [1.165, 1.54) is 270 Å². The largest absolute Gasteiger partial charge is 0.481 e. The molecule has 2 unspecified atom stereocenters. The van der Waals surface area contributed by atoms with Crippen LogP contribution in [0.5, 0.6) is 0 Å². The van der Waals surface area contributed by atoms with Crippen LogP contribution >= 0.6 is 0 Å². The molecule has 8 heteroatoms. The van der Waals surface area contributed by atoms with Crippen LogP contribution in [0.2, 0.25) is 0 Å². The number of hydrogen-bond donors (Lipinski definition) is 4. The Bertz CT molecular complexity index is 1370. The first-order valence-electron chi connectivity index (χ1n) is 36.9. The van der Waals surface area contributed by atoms with Crippen molar-refractivity contribution in [2.75, 3.05) is 0 Å². The predicted octanol–water partition coefficient (Wildman–Crippen LogP) is 24.2. The van der Waals surface area contributed by atoms with Crippen molar-refractivity contribution in [3.05, 3.63) is 0 Å². The summed E-state index contributed by atoms with van der Waals surface area (Å²) < 4.78 is 0. The molecule has 0 aliphatic heterocycles. The lowest BCUT2D eigenvalue weighted by atomic mass is 9.52. The zero-order chi connectivity index (χ0) is 60.4. The minimum absolute atomic E-state index is 0.190. The zero-order valence-corrected chi connectivity index (χ0v) is 55.5. The monoisotopic (exact) mass is 1160 g/mol. The summed E-state index contributed by atoms with van der Waals surface area (Å²) in [4.78, 5) is 55.1. The van der Waals surface area contributed by atoms with Crippen molar-refractivity contribution in [3.63, 3.8) is 0 Å². The highest BCUT2D eigenvalue weighted by Gasteiger charge is 2.74. The maximum Gasteiger partial charge on any atom is 0.338 e. The average molecular weight is 1160 g/mol. The molecule has 0 aliphatic rings. The molecule has 0 spiro atoms. The van der Waals surface area contributed by atoms with E-state index in [1.54, 1.807) is 0 Å². The van der Waals surface area contributed by atoms with Crippen molar-refractivity contribution < 1.29 is 39.6 Å². The van der Waals surface area contributed by atoms with Crippen molar-refractivity contribution in [1.29, 1.82) is 0 Å². The lowest BCUT2D eigenvalue weighted by molar-refractivity contribution is -0.223. The minimum atomic E-state index is -3.33. The Morgan fingerprint density at radius 3 is 0.524 bits per heavy atom. The molecule has 0 saturated carbocycles. The van der Waals surface area contributed by atoms with Crippen LogP contribution in [0.15, 0.2) is 0 Å². The second-order valence-electron chi connectivity index (χ2n) is 26.6. The maximum atomic E-state index is 13.9. The number of rotatable bonds is 69. The lowest BCUT2D eigenvalue weighted by Crippen LogP contribution is -2.71. The van der Waals surface area contributed by atoms with Gasteiger partial charge in [0, 0.05) is 0 Å². The smallest absolute Gasteiger partial charge is 0.338 e. The van der Waals surface area contributed by atoms with Gasteiger partial charge in [0.05, 0.1) is 0 Å². The van der Waals surface area contributed by atoms with E-state index in [1.807, 2.05) is 0 Å². The summed E-state index contributed by atoms with van der Waals surface area (Å²) in [6.45, 7) is 7.86. The number of hydrogen-bond acceptors (Lipinski definition) is 5. The standard InChI is InChI=1S/C74H142O8/c1-5-8-11-14-17-20-23-26-29-32-35-38-41-44-47-50-53-56-59-62-65-72(69(76)77,66-63-60-57-54-51-48-45-42-39-36-33-30-27-24-21-18-15-12-9-6-2)74(82,71(80)81)73(68(4)75,70(78)79)67-64-61-58-55-52-49-46-43-40-37-34-31-28-25-22-19-16-13-10-7-3/h82H,5-67H2,1-4H3,(H,76,77)(H,78,79)(H,80,81). The molecule has 0 rings (SSSR count). The van der Waals surface area contributed by atoms with Crippen molar-refractivity contribution >= 4 is 23.7 Å². The number of Topliss-reactive ketones (excluding diaryl/α,β-unsaturated/α-hetero) is 1. The van der Waals surface area contributed by atoms with Crippen molar-refractivity contribution in [3.8, 4) is 0 Å². The summed E-state index contributed by atoms with van der Waals surface area (Å²) in [6.07, 6.45) is 70.4. The van der Waals surface area contributed by atoms with Gasteiger partial charge in [0.1, 0.15) is 5.41 Å². The van der Waals surface area contributed by atoms with Gasteiger partial charge in [0.25, 0.3) is 0 Å². The molecular weight excluding hydrogens is 1020 g/mol. The van der Waals surface area contributed by atoms with E-state index >= 15 is 0 Å². The summed E-state index contributed by atoms with van der Waals surface area (Å²) >= 11 is 0. The van der Waals surface area contributed by atoms with Gasteiger partial charge in [-0.05, 0) is 26.2 Å². The molecule has 0 aromatic carbocycles. The fourth-order valence-electron chi connectivity index (χ4n) is 13.7. The average Bonchev–Trinajstić information content (AvgIpc) is 1.58. The van der Waals surface area contributed by atoms with E-state index in [4.69, 9.17) is 0 Å². The number of aliphatic carboxylic acids is 3. The highest BCUT2D eigenvalue weighted by atomic mass is 16.4. The minimum Gasteiger partial charge on any atom is -0.481 e. The number of carbonyl (C=O) groups is 4. The van der Waals surface area contributed by atoms with E-state index in [-0.39, 0.29) is 19.3 Å². The molecule has 2 atom stereocenters. The molecule has 0 aliphatic carbocycles. The maximum absolute atomic E-state index is 13.9. The number of carboxylic acid groups (broad SMARTS) is 3. The predicted molar refractivity (Wildman–Crippen MR) is 351 cm³/mol. The Morgan fingerprint density at radius 1 is 0.232 bits per heavy atom. The quantitative estimate of drug-likeness (QED) is 0.0347. The van der Waals surface area contributed by atoms with Gasteiger partial charge in [0.15, 0.2) is 11.2 Å². The number of carbonyl (C=O) groups excluding carboxylic acids is 1. The highest BCUT2D eigenvalue weighted by Crippen LogP contribution is 2.54. The van der Waals surface area contributed by atoms with Gasteiger partial charge in [-0.3, -0.25) is 14.4 Å². The van der Waals surface area contributed by atoms with Crippen molar-refractivity contribution in [2.45, 2.75) is 438 Å². The van der Waals surface area contributed by atoms with E-state index in [9.17, 15) is 39.6 Å². The third-order valence-electron chi connectivity index (χ3n) is 19.3. The molecular formula is C74H142O8. The van der Waals surface area contributed by atoms with Gasteiger partial charge in [-0.2, -0.15) is 0 Å². The molecule has 8 nitrogen and oxygen atoms in total. The third kappa shape index (κ3) is 39.0. The Balaban J connectivity index is 5.35. The van der Waals surface area contributed by atoms with Crippen LogP contribution in [0.25, 0.3) is 0 Å². The Morgan fingerprint density at radius 2 is 0.390 bits per heavy atom. The molecule has 0 fully saturated rings. The van der Waals surface area contributed by atoms with Crippen LogP contribution in [0.3, 0.4) is 0 Å². The highest BCUT2D eigenvalue weighted by molar-refractivity contribution is 6.10. The van der Waals surface area contributed by atoms with Crippen LogP contribution in [0.1, 0.15) is 432 Å². The van der Waals surface area contributed by atoms with Gasteiger partial charge < -0.3 is 20.4 Å². The number of ketones is 1. The summed E-state index contributed by atoms with van der Waals surface area (Å²) in [5.74, 6) is -6.15. The second kappa shape index (κ2) is 58.1. The second-order valence-corrected chi connectivity index (χ2v) is 26.6. The van der Waals surface area contributed by atoms with Gasteiger partial charge in [-0.25, -0.2) is 4.79 Å². The van der Waals surface area contributed by atoms with E-state index < -0.39 is 46.5 Å². The lowest BCUT2D eigenvalue weighted by Gasteiger charge is -2.50. The Hall–Kier alpha value is -1.96. The van der Waals surface area contributed by atoms with Crippen LogP contribution in [0, 0.1) is 10.8 Å². The van der Waals surface area contributed by atoms with Gasteiger partial charge in [-0.15, -0.1) is 0 Å². The van der Waals surface area contributed by atoms with Gasteiger partial charge >= 0.3 is 17.9 Å². The molecule has 0 saturated heterocycles. The fraction of sp³-hybridized carbons (Fsp3) is 0.946. The summed E-state index contributed by atoms with van der Waals surface area (Å²) in [5, 5.41) is 46.2. The van der Waals surface area contributed by atoms with Crippen molar-refractivity contribution in [1.82, 2.24) is 0 Å². The molecule has 0 aromatic rings. The van der Waals surface area contributed by atoms with Crippen molar-refractivity contribution in [2.24, 2.45) is 10.8 Å². The Kier molecular flexibility index (Phi) is 56.7. The van der Waals surface area contributed by atoms with Gasteiger partial charge in [-0.1, -0.05) is 406 Å². The molecule has 4 N–H and O–H groups in total. The molecule has 0 amide bonds. The van der Waals surface area contributed by atoms with E-state index in [2.05, 4.69) is 20.8 Å². The SMILES string of the molecule is CCCCCCCCCCCCCCCCCCCCCCC(CCCCCCCCCCCCCCCCCCCCCC)(C(=O)O)C(O)(C(=O)O)C(CCCCCCCCCCCCCCCCCCCCCC)(C(C)=O)C(=O)O. The summed E-state index contributed by atoms with van der Waals surface area (Å²) in [7, 11) is 0. The fourth-order valence-corrected chi connectivity index (χ4v) is 13.7. The van der Waals surface area contributed by atoms with Crippen LogP contribution < -0.4 is 0 Å². The third-order valence-corrected chi connectivity index (χ3v) is 19.3. The normalized spacial score (nSPS) is 13.4. The first-order valence-corrected chi connectivity index (χ1v) is 36.9. The number of carboxylic acids is 3. The summed E-state index contributed by atoms with van der Waals surface area (Å²) in [6, 6.07) is 0. The van der Waals surface area contributed by atoms with E-state index in [0.717, 1.165) is 84.0 Å². The molecule has 0 bridgehead atoms. The molecule has 486 valence electrons. The van der Waals surface area contributed by atoms with Crippen LogP contribution in [-0.2, 0) is 19.2 Å². The number of unbranched alkanes of at least 4 members (excludes halogenated alkanes) is 57. The van der Waals surface area contributed by atoms with E-state index in [0.29, 0.717) is 32.1 Å². The first kappa shape index (κ1) is 80.0. The topological polar surface area (TPSA) is 149 Å². The number of aliphatic hydroxyl groups is 1. The summed E-state index contributed by atoms with van der Waals surface area (Å²) in [5.41, 5.74) is -8.48. The van der Waals surface area contributed by atoms with Crippen LogP contribution in [0.4, 0.5) is 0 Å². The zero-order valence-electron chi connectivity index (χ0n) is 55.5. The van der Waals surface area contributed by atoms with Crippen LogP contribution in [-0.4, -0.2) is 49.7 Å². The molecule has 0 aromatic heterocycles. The molecule has 82 heavy (non-hydrogen) atoms. The molecule has 0 heterocycles. The van der Waals surface area contributed by atoms with Gasteiger partial charge in [0.2, 0.25) is 5.60 Å². The first-order chi connectivity index (χ1) is 40.0. The Labute approximate surface area is 509 Å². The molecule has 0 radical (unpaired) electrons.